The van der Waals surface area contributed by atoms with E-state index in [0.29, 0.717) is 35.9 Å². The van der Waals surface area contributed by atoms with Gasteiger partial charge in [-0.15, -0.1) is 6.42 Å². The van der Waals surface area contributed by atoms with Crippen molar-refractivity contribution in [1.82, 2.24) is 0 Å². The number of ether oxygens (including phenoxy) is 1. The van der Waals surface area contributed by atoms with E-state index in [1.54, 1.807) is 0 Å². The number of terminal acetylenes is 1. The molecule has 4 rings (SSSR count). The quantitative estimate of drug-likeness (QED) is 0.543. The number of rotatable bonds is 2. The molecule has 4 aliphatic carbocycles. The van der Waals surface area contributed by atoms with Crippen molar-refractivity contribution in [2.75, 3.05) is 0 Å². The Kier molecular flexibility index (Phi) is 4.29. The van der Waals surface area contributed by atoms with Crippen LogP contribution in [-0.4, -0.2) is 17.4 Å². The van der Waals surface area contributed by atoms with Crippen LogP contribution in [0.4, 0.5) is 0 Å². The molecule has 6 atom stereocenters. The van der Waals surface area contributed by atoms with E-state index in [1.807, 2.05) is 6.08 Å². The van der Waals surface area contributed by atoms with Crippen LogP contribution in [0.3, 0.4) is 0 Å². The highest BCUT2D eigenvalue weighted by molar-refractivity contribution is 5.91. The van der Waals surface area contributed by atoms with E-state index >= 15 is 0 Å². The SMILES string of the molecule is C#CC1(OC(C)=O)CC[C@H]2[C@@H]3CCC4=CC(=O)CC[C@@H]4[C@H]3CC[C@@]21CC. The molecule has 26 heavy (non-hydrogen) atoms. The number of carbonyl (C=O) groups excluding carboxylic acids is 2. The first-order valence-electron chi connectivity index (χ1n) is 10.4. The van der Waals surface area contributed by atoms with Crippen LogP contribution in [-0.2, 0) is 14.3 Å². The Morgan fingerprint density at radius 3 is 2.73 bits per heavy atom. The van der Waals surface area contributed by atoms with Gasteiger partial charge in [-0.05, 0) is 81.1 Å². The van der Waals surface area contributed by atoms with Crippen LogP contribution >= 0.6 is 0 Å². The molecule has 0 N–H and O–H groups in total. The summed E-state index contributed by atoms with van der Waals surface area (Å²) in [7, 11) is 0. The molecule has 0 amide bonds. The summed E-state index contributed by atoms with van der Waals surface area (Å²) in [4.78, 5) is 23.7. The number of hydrogen-bond acceptors (Lipinski definition) is 3. The van der Waals surface area contributed by atoms with Crippen LogP contribution in [0.15, 0.2) is 11.6 Å². The third kappa shape index (κ3) is 2.34. The maximum Gasteiger partial charge on any atom is 0.304 e. The molecule has 4 aliphatic rings. The normalized spacial score (nSPS) is 44.2. The van der Waals surface area contributed by atoms with E-state index in [1.165, 1.54) is 12.5 Å². The summed E-state index contributed by atoms with van der Waals surface area (Å²) >= 11 is 0. The molecule has 3 fully saturated rings. The van der Waals surface area contributed by atoms with E-state index in [0.717, 1.165) is 51.4 Å². The Balaban J connectivity index is 1.68. The van der Waals surface area contributed by atoms with E-state index < -0.39 is 5.60 Å². The molecule has 0 radical (unpaired) electrons. The lowest BCUT2D eigenvalue weighted by Crippen LogP contribution is -2.55. The van der Waals surface area contributed by atoms with Gasteiger partial charge < -0.3 is 4.74 Å². The monoisotopic (exact) mass is 354 g/mol. The highest BCUT2D eigenvalue weighted by atomic mass is 16.6. The third-order valence-electron chi connectivity index (χ3n) is 8.30. The second kappa shape index (κ2) is 6.25. The maximum absolute atomic E-state index is 11.8. The zero-order valence-electron chi connectivity index (χ0n) is 16.1. The molecular formula is C23H30O3. The maximum atomic E-state index is 11.8. The molecule has 0 spiro atoms. The van der Waals surface area contributed by atoms with Crippen LogP contribution in [0, 0.1) is 41.4 Å². The Hall–Kier alpha value is -1.56. The minimum absolute atomic E-state index is 0.0692. The van der Waals surface area contributed by atoms with Gasteiger partial charge in [-0.3, -0.25) is 9.59 Å². The number of hydrogen-bond donors (Lipinski definition) is 0. The largest absolute Gasteiger partial charge is 0.445 e. The molecule has 3 saturated carbocycles. The number of esters is 1. The second-order valence-corrected chi connectivity index (χ2v) is 8.96. The second-order valence-electron chi connectivity index (χ2n) is 8.96. The van der Waals surface area contributed by atoms with Crippen molar-refractivity contribution >= 4 is 11.8 Å². The molecule has 0 heterocycles. The molecule has 1 unspecified atom stereocenters. The summed E-state index contributed by atoms with van der Waals surface area (Å²) in [5.74, 6) is 5.49. The summed E-state index contributed by atoms with van der Waals surface area (Å²) in [6.45, 7) is 3.71. The molecule has 0 bridgehead atoms. The van der Waals surface area contributed by atoms with Gasteiger partial charge in [-0.2, -0.15) is 0 Å². The highest BCUT2D eigenvalue weighted by Crippen LogP contribution is 2.67. The van der Waals surface area contributed by atoms with Crippen molar-refractivity contribution < 1.29 is 14.3 Å². The lowest BCUT2D eigenvalue weighted by Gasteiger charge is -2.56. The van der Waals surface area contributed by atoms with Crippen molar-refractivity contribution in [3.8, 4) is 12.3 Å². The summed E-state index contributed by atoms with van der Waals surface area (Å²) in [6, 6.07) is 0. The summed E-state index contributed by atoms with van der Waals surface area (Å²) in [5.41, 5.74) is 0.620. The summed E-state index contributed by atoms with van der Waals surface area (Å²) in [6.07, 6.45) is 17.0. The van der Waals surface area contributed by atoms with Crippen molar-refractivity contribution in [2.24, 2.45) is 29.1 Å². The van der Waals surface area contributed by atoms with Crippen LogP contribution in [0.5, 0.6) is 0 Å². The van der Waals surface area contributed by atoms with Crippen LogP contribution in [0.2, 0.25) is 0 Å². The van der Waals surface area contributed by atoms with Gasteiger partial charge in [0.1, 0.15) is 0 Å². The van der Waals surface area contributed by atoms with E-state index in [2.05, 4.69) is 12.8 Å². The van der Waals surface area contributed by atoms with Gasteiger partial charge in [-0.1, -0.05) is 18.4 Å². The zero-order valence-corrected chi connectivity index (χ0v) is 16.1. The first-order chi connectivity index (χ1) is 12.5. The Morgan fingerprint density at radius 1 is 1.23 bits per heavy atom. The van der Waals surface area contributed by atoms with E-state index in [4.69, 9.17) is 11.2 Å². The number of allylic oxidation sites excluding steroid dienone is 1. The van der Waals surface area contributed by atoms with Gasteiger partial charge in [0.25, 0.3) is 0 Å². The molecule has 0 aromatic heterocycles. The van der Waals surface area contributed by atoms with Crippen molar-refractivity contribution in [3.63, 3.8) is 0 Å². The van der Waals surface area contributed by atoms with Crippen LogP contribution in [0.25, 0.3) is 0 Å². The van der Waals surface area contributed by atoms with Crippen LogP contribution in [0.1, 0.15) is 71.6 Å². The molecule has 3 nitrogen and oxygen atoms in total. The van der Waals surface area contributed by atoms with Gasteiger partial charge in [0, 0.05) is 18.8 Å². The van der Waals surface area contributed by atoms with Gasteiger partial charge in [0.05, 0.1) is 0 Å². The lowest BCUT2D eigenvalue weighted by atomic mass is 9.49. The highest BCUT2D eigenvalue weighted by Gasteiger charge is 2.65. The molecule has 140 valence electrons. The number of carbonyl (C=O) groups is 2. The molecule has 0 aromatic carbocycles. The minimum Gasteiger partial charge on any atom is -0.445 e. The standard InChI is InChI=1S/C23H30O3/c1-4-22-12-10-19-18-9-7-17(25)14-16(18)6-8-20(19)21(22)11-13-23(22,5-2)26-15(3)24/h2,14,18-21H,4,6-13H2,1,3H3/t18-,19+,20+,21-,22-,23?/m0/s1. The van der Waals surface area contributed by atoms with Gasteiger partial charge in [0.15, 0.2) is 11.4 Å². The molecule has 3 heteroatoms. The number of fused-ring (bicyclic) bond motifs is 5. The predicted octanol–water partition coefficient (Wildman–Crippen LogP) is 4.45. The van der Waals surface area contributed by atoms with E-state index in [9.17, 15) is 9.59 Å². The fraction of sp³-hybridized carbons (Fsp3) is 0.739. The van der Waals surface area contributed by atoms with Crippen molar-refractivity contribution in [2.45, 2.75) is 77.2 Å². The average molecular weight is 354 g/mol. The van der Waals surface area contributed by atoms with Crippen LogP contribution < -0.4 is 0 Å². The third-order valence-corrected chi connectivity index (χ3v) is 8.30. The molecule has 0 aromatic rings. The molecule has 0 aliphatic heterocycles. The molecule has 0 saturated heterocycles. The fourth-order valence-electron chi connectivity index (χ4n) is 7.36. The topological polar surface area (TPSA) is 43.4 Å². The first kappa shape index (κ1) is 17.8. The average Bonchev–Trinajstić information content (AvgIpc) is 2.95. The van der Waals surface area contributed by atoms with E-state index in [-0.39, 0.29) is 11.4 Å². The minimum atomic E-state index is -0.720. The smallest absolute Gasteiger partial charge is 0.304 e. The zero-order chi connectivity index (χ0) is 18.5. The molecular weight excluding hydrogens is 324 g/mol. The number of ketones is 1. The first-order valence-corrected chi connectivity index (χ1v) is 10.4. The van der Waals surface area contributed by atoms with Gasteiger partial charge >= 0.3 is 5.97 Å². The van der Waals surface area contributed by atoms with Gasteiger partial charge in [0.2, 0.25) is 0 Å². The Bertz CT molecular complexity index is 699. The fourth-order valence-corrected chi connectivity index (χ4v) is 7.36. The predicted molar refractivity (Wildman–Crippen MR) is 100 cm³/mol. The summed E-state index contributed by atoms with van der Waals surface area (Å²) < 4.78 is 5.88. The Morgan fingerprint density at radius 2 is 2.04 bits per heavy atom. The van der Waals surface area contributed by atoms with Crippen molar-refractivity contribution in [1.29, 1.82) is 0 Å². The van der Waals surface area contributed by atoms with Gasteiger partial charge in [-0.25, -0.2) is 0 Å². The summed E-state index contributed by atoms with van der Waals surface area (Å²) in [5, 5.41) is 0. The Labute approximate surface area is 156 Å². The van der Waals surface area contributed by atoms with Crippen molar-refractivity contribution in [3.05, 3.63) is 11.6 Å². The lowest BCUT2D eigenvalue weighted by molar-refractivity contribution is -0.170.